The molecule has 2 rings (SSSR count). The highest BCUT2D eigenvalue weighted by molar-refractivity contribution is 7.87. The lowest BCUT2D eigenvalue weighted by atomic mass is 10.2. The first-order valence-electron chi connectivity index (χ1n) is 5.48. The van der Waals surface area contributed by atoms with Gasteiger partial charge in [-0.2, -0.15) is 21.6 Å². The van der Waals surface area contributed by atoms with Gasteiger partial charge in [-0.3, -0.25) is 4.18 Å². The number of alkyl halides is 3. The Hall–Kier alpha value is -0.380. The molecule has 0 bridgehead atoms. The normalized spacial score (nSPS) is 29.7. The molecule has 1 heterocycles. The van der Waals surface area contributed by atoms with E-state index >= 15 is 0 Å². The summed E-state index contributed by atoms with van der Waals surface area (Å²) in [5.41, 5.74) is -5.42. The van der Waals surface area contributed by atoms with Crippen molar-refractivity contribution in [2.45, 2.75) is 30.6 Å². The highest BCUT2D eigenvalue weighted by Gasteiger charge is 2.50. The van der Waals surface area contributed by atoms with Crippen LogP contribution in [0.5, 0.6) is 0 Å². The van der Waals surface area contributed by atoms with Crippen LogP contribution in [0.15, 0.2) is 0 Å². The number of hydrogen-bond donors (Lipinski definition) is 0. The van der Waals surface area contributed by atoms with Gasteiger partial charge in [-0.15, -0.1) is 0 Å². The van der Waals surface area contributed by atoms with E-state index in [2.05, 4.69) is 4.18 Å². The van der Waals surface area contributed by atoms with E-state index in [1.54, 1.807) is 0 Å². The Morgan fingerprint density at radius 1 is 1.17 bits per heavy atom. The zero-order chi connectivity index (χ0) is 13.4. The summed E-state index contributed by atoms with van der Waals surface area (Å²) in [7, 11) is -5.60. The van der Waals surface area contributed by atoms with E-state index in [1.165, 1.54) is 0 Å². The molecule has 0 radical (unpaired) electrons. The molecule has 1 aliphatic heterocycles. The van der Waals surface area contributed by atoms with Gasteiger partial charge in [-0.25, -0.2) is 0 Å². The Labute approximate surface area is 102 Å². The standard InChI is InChI=1S/C9H13F3O5S/c10-9(11,12)18(13,14)17-8-5-15-4-7(8)16-3-6-1-2-6/h6-8H,1-5H2/t7?,8-/m1/s1. The SMILES string of the molecule is O=S(=O)(O[C@@H]1COCC1OCC1CC1)C(F)(F)F. The average Bonchev–Trinajstić information content (AvgIpc) is 2.96. The smallest absolute Gasteiger partial charge is 0.376 e. The van der Waals surface area contributed by atoms with E-state index in [9.17, 15) is 21.6 Å². The first-order chi connectivity index (χ1) is 8.29. The Balaban J connectivity index is 1.90. The minimum Gasteiger partial charge on any atom is -0.376 e. The van der Waals surface area contributed by atoms with E-state index < -0.39 is 27.8 Å². The third kappa shape index (κ3) is 3.34. The molecule has 0 aromatic heterocycles. The molecule has 0 amide bonds. The molecule has 18 heavy (non-hydrogen) atoms. The Morgan fingerprint density at radius 3 is 2.33 bits per heavy atom. The molecular weight excluding hydrogens is 277 g/mol. The molecule has 9 heteroatoms. The maximum atomic E-state index is 12.1. The molecule has 2 aliphatic rings. The summed E-state index contributed by atoms with van der Waals surface area (Å²) < 4.78 is 72.5. The average molecular weight is 290 g/mol. The lowest BCUT2D eigenvalue weighted by molar-refractivity contribution is -0.0646. The third-order valence-corrected chi connectivity index (χ3v) is 3.82. The number of halogens is 3. The van der Waals surface area contributed by atoms with Crippen LogP contribution in [0.4, 0.5) is 13.2 Å². The van der Waals surface area contributed by atoms with Crippen LogP contribution in [0, 0.1) is 5.92 Å². The summed E-state index contributed by atoms with van der Waals surface area (Å²) in [5.74, 6) is 0.422. The van der Waals surface area contributed by atoms with Crippen LogP contribution >= 0.6 is 0 Å². The third-order valence-electron chi connectivity index (χ3n) is 2.76. The van der Waals surface area contributed by atoms with Crippen molar-refractivity contribution in [1.29, 1.82) is 0 Å². The number of hydrogen-bond acceptors (Lipinski definition) is 5. The van der Waals surface area contributed by atoms with Crippen LogP contribution in [-0.4, -0.2) is 46.0 Å². The summed E-state index contributed by atoms with van der Waals surface area (Å²) in [5, 5.41) is 0. The van der Waals surface area contributed by atoms with Crippen LogP contribution in [0.1, 0.15) is 12.8 Å². The van der Waals surface area contributed by atoms with Gasteiger partial charge in [0.05, 0.1) is 19.8 Å². The highest BCUT2D eigenvalue weighted by Crippen LogP contribution is 2.31. The van der Waals surface area contributed by atoms with E-state index in [0.29, 0.717) is 12.5 Å². The van der Waals surface area contributed by atoms with Gasteiger partial charge in [0.1, 0.15) is 12.2 Å². The zero-order valence-corrected chi connectivity index (χ0v) is 10.2. The summed E-state index contributed by atoms with van der Waals surface area (Å²) in [4.78, 5) is 0. The lowest BCUT2D eigenvalue weighted by Gasteiger charge is -2.19. The van der Waals surface area contributed by atoms with E-state index in [4.69, 9.17) is 9.47 Å². The molecule has 5 nitrogen and oxygen atoms in total. The highest BCUT2D eigenvalue weighted by atomic mass is 32.2. The van der Waals surface area contributed by atoms with Gasteiger partial charge in [0.2, 0.25) is 0 Å². The van der Waals surface area contributed by atoms with Crippen molar-refractivity contribution in [3.05, 3.63) is 0 Å². The molecule has 1 saturated carbocycles. The van der Waals surface area contributed by atoms with E-state index in [-0.39, 0.29) is 13.2 Å². The van der Waals surface area contributed by atoms with E-state index in [0.717, 1.165) is 12.8 Å². The molecule has 0 aromatic carbocycles. The van der Waals surface area contributed by atoms with Crippen molar-refractivity contribution < 1.29 is 35.2 Å². The zero-order valence-electron chi connectivity index (χ0n) is 9.35. The Morgan fingerprint density at radius 2 is 1.78 bits per heavy atom. The van der Waals surface area contributed by atoms with Gasteiger partial charge in [0, 0.05) is 0 Å². The summed E-state index contributed by atoms with van der Waals surface area (Å²) in [6.45, 7) is 0.232. The van der Waals surface area contributed by atoms with Crippen molar-refractivity contribution in [2.75, 3.05) is 19.8 Å². The van der Waals surface area contributed by atoms with Crippen LogP contribution in [-0.2, 0) is 23.8 Å². The predicted molar refractivity (Wildman–Crippen MR) is 53.1 cm³/mol. The second-order valence-electron chi connectivity index (χ2n) is 4.39. The maximum absolute atomic E-state index is 12.1. The Bertz CT molecular complexity index is 389. The van der Waals surface area contributed by atoms with Crippen molar-refractivity contribution in [1.82, 2.24) is 0 Å². The monoisotopic (exact) mass is 290 g/mol. The molecule has 106 valence electrons. The van der Waals surface area contributed by atoms with Gasteiger partial charge in [-0.1, -0.05) is 0 Å². The first kappa shape index (κ1) is 14.0. The first-order valence-corrected chi connectivity index (χ1v) is 6.89. The molecule has 1 unspecified atom stereocenters. The van der Waals surface area contributed by atoms with Crippen LogP contribution in [0.2, 0.25) is 0 Å². The van der Waals surface area contributed by atoms with Gasteiger partial charge < -0.3 is 9.47 Å². The molecule has 2 fully saturated rings. The largest absolute Gasteiger partial charge is 0.523 e. The van der Waals surface area contributed by atoms with Gasteiger partial charge >= 0.3 is 15.6 Å². The Kier molecular flexibility index (Phi) is 3.86. The minimum atomic E-state index is -5.60. The van der Waals surface area contributed by atoms with Gasteiger partial charge in [0.15, 0.2) is 0 Å². The topological polar surface area (TPSA) is 61.8 Å². The number of ether oxygens (including phenoxy) is 2. The van der Waals surface area contributed by atoms with Gasteiger partial charge in [-0.05, 0) is 18.8 Å². The van der Waals surface area contributed by atoms with E-state index in [1.807, 2.05) is 0 Å². The van der Waals surface area contributed by atoms with Crippen LogP contribution in [0.3, 0.4) is 0 Å². The minimum absolute atomic E-state index is 0.0464. The molecule has 2 atom stereocenters. The lowest BCUT2D eigenvalue weighted by Crippen LogP contribution is -2.37. The van der Waals surface area contributed by atoms with Crippen molar-refractivity contribution >= 4 is 10.1 Å². The fraction of sp³-hybridized carbons (Fsp3) is 1.00. The maximum Gasteiger partial charge on any atom is 0.523 e. The second kappa shape index (κ2) is 4.95. The van der Waals surface area contributed by atoms with Crippen molar-refractivity contribution in [3.8, 4) is 0 Å². The molecule has 0 spiro atoms. The molecular formula is C9H13F3O5S. The summed E-state index contributed by atoms with van der Waals surface area (Å²) >= 11 is 0. The molecule has 1 aliphatic carbocycles. The van der Waals surface area contributed by atoms with Crippen LogP contribution in [0.25, 0.3) is 0 Å². The van der Waals surface area contributed by atoms with Crippen molar-refractivity contribution in [3.63, 3.8) is 0 Å². The second-order valence-corrected chi connectivity index (χ2v) is 5.95. The van der Waals surface area contributed by atoms with Crippen molar-refractivity contribution in [2.24, 2.45) is 5.92 Å². The summed E-state index contributed by atoms with van der Waals surface area (Å²) in [6, 6.07) is 0. The molecule has 0 aromatic rings. The molecule has 1 saturated heterocycles. The van der Waals surface area contributed by atoms with Gasteiger partial charge in [0.25, 0.3) is 0 Å². The number of rotatable bonds is 5. The fourth-order valence-corrected chi connectivity index (χ4v) is 2.14. The molecule has 0 N–H and O–H groups in total. The summed E-state index contributed by atoms with van der Waals surface area (Å²) in [6.07, 6.45) is 0.0676. The quantitative estimate of drug-likeness (QED) is 0.559. The van der Waals surface area contributed by atoms with Crippen LogP contribution < -0.4 is 0 Å². The fourth-order valence-electron chi connectivity index (χ4n) is 1.52. The predicted octanol–water partition coefficient (Wildman–Crippen LogP) is 1.05.